The van der Waals surface area contributed by atoms with Crippen LogP contribution in [0.2, 0.25) is 0 Å². The van der Waals surface area contributed by atoms with Crippen molar-refractivity contribution in [1.82, 2.24) is 23.2 Å². The molecule has 18 heterocycles. The summed E-state index contributed by atoms with van der Waals surface area (Å²) in [6.45, 7) is 0. The third-order valence-corrected chi connectivity index (χ3v) is 29.7. The second kappa shape index (κ2) is 24.6. The number of rotatable bonds is 6. The fraction of sp³-hybridized carbons (Fsp3) is 0.0256. The molecule has 0 saturated carbocycles. The summed E-state index contributed by atoms with van der Waals surface area (Å²) in [4.78, 5) is 2.42. The smallest absolute Gasteiger partial charge is 0.444 e. The summed E-state index contributed by atoms with van der Waals surface area (Å²) in [5.74, 6) is 1.76. The minimum atomic E-state index is -0.600. The van der Waals surface area contributed by atoms with E-state index < -0.39 is 17.0 Å². The predicted molar refractivity (Wildman–Crippen MR) is 506 cm³/mol. The topological polar surface area (TPSA) is 60.4 Å². The maximum absolute atomic E-state index is 6.62. The van der Waals surface area contributed by atoms with Crippen LogP contribution in [0.25, 0.3) is 173 Å². The Morgan fingerprint density at radius 3 is 1.08 bits per heavy atom. The van der Waals surface area contributed by atoms with E-state index >= 15 is 0 Å². The Kier molecular flexibility index (Phi) is 13.0. The number of hydrogen-bond acceptors (Lipinski definition) is 2. The molecule has 3 atom stereocenters. The maximum atomic E-state index is 6.62. The van der Waals surface area contributed by atoms with Crippen LogP contribution < -0.4 is 37.4 Å². The zero-order chi connectivity index (χ0) is 84.3. The van der Waals surface area contributed by atoms with Crippen LogP contribution in [0.4, 0.5) is 17.1 Å². The zero-order valence-electron chi connectivity index (χ0n) is 69.8. The molecule has 10 aliphatic rings. The molecule has 0 fully saturated rings. The van der Waals surface area contributed by atoms with Crippen LogP contribution in [0.1, 0.15) is 33.4 Å². The number of fused-ring (bicyclic) bond motifs is 23. The van der Waals surface area contributed by atoms with Gasteiger partial charge in [-0.1, -0.05) is 237 Å². The Morgan fingerprint density at radius 1 is 0.215 bits per heavy atom. The van der Waals surface area contributed by atoms with Gasteiger partial charge in [-0.05, 0) is 173 Å². The van der Waals surface area contributed by atoms with Crippen molar-refractivity contribution in [3.63, 3.8) is 0 Å². The van der Waals surface area contributed by atoms with E-state index in [9.17, 15) is 0 Å². The van der Waals surface area contributed by atoms with Crippen molar-refractivity contribution in [3.05, 3.63) is 471 Å². The van der Waals surface area contributed by atoms with E-state index in [0.717, 1.165) is 22.9 Å². The molecule has 33 rings (SSSR count). The molecule has 8 aromatic heterocycles. The lowest BCUT2D eigenvalue weighted by atomic mass is 9.82. The summed E-state index contributed by atoms with van der Waals surface area (Å²) in [6.07, 6.45) is 20.7. The highest BCUT2D eigenvalue weighted by Crippen LogP contribution is 2.65. The molecule has 23 aromatic rings. The van der Waals surface area contributed by atoms with Gasteiger partial charge in [-0.2, -0.15) is 0 Å². The predicted octanol–water partition coefficient (Wildman–Crippen LogP) is 22.6. The maximum Gasteiger partial charge on any atom is 0.444 e. The van der Waals surface area contributed by atoms with E-state index in [1.165, 1.54) is 212 Å². The number of anilines is 3. The van der Waals surface area contributed by atoms with E-state index in [-0.39, 0.29) is 0 Å². The van der Waals surface area contributed by atoms with Gasteiger partial charge < -0.3 is 18.8 Å². The molecular formula is C117H72N12O+6. The fourth-order valence-electron chi connectivity index (χ4n) is 24.6. The first-order chi connectivity index (χ1) is 64.5. The molecule has 0 radical (unpaired) electrons. The van der Waals surface area contributed by atoms with Crippen LogP contribution >= 0.6 is 0 Å². The highest BCUT2D eigenvalue weighted by Gasteiger charge is 2.76. The average Bonchev–Trinajstić information content (AvgIpc) is 1.48. The Balaban J connectivity index is 0.0000000923. The lowest BCUT2D eigenvalue weighted by Crippen LogP contribution is -2.73. The van der Waals surface area contributed by atoms with Gasteiger partial charge in [0.15, 0.2) is 46.8 Å². The van der Waals surface area contributed by atoms with Crippen molar-refractivity contribution in [2.75, 3.05) is 4.90 Å². The van der Waals surface area contributed by atoms with Crippen LogP contribution in [0, 0.1) is 0 Å². The molecule has 130 heavy (non-hydrogen) atoms. The van der Waals surface area contributed by atoms with Crippen LogP contribution in [0.3, 0.4) is 0 Å². The van der Waals surface area contributed by atoms with E-state index in [0.29, 0.717) is 0 Å². The van der Waals surface area contributed by atoms with Gasteiger partial charge in [0.25, 0.3) is 0 Å². The van der Waals surface area contributed by atoms with E-state index in [1.54, 1.807) is 0 Å². The Hall–Kier alpha value is -17.4. The van der Waals surface area contributed by atoms with Gasteiger partial charge in [-0.25, -0.2) is 0 Å². The highest BCUT2D eigenvalue weighted by atomic mass is 16.5. The minimum absolute atomic E-state index is 0.524. The fourth-order valence-corrected chi connectivity index (χ4v) is 24.6. The summed E-state index contributed by atoms with van der Waals surface area (Å²) in [5, 5.41) is 5.21. The average molecular weight is 1660 g/mol. The van der Waals surface area contributed by atoms with E-state index in [1.807, 2.05) is 6.07 Å². The number of pyridine rings is 3. The normalized spacial score (nSPS) is 16.6. The molecule has 600 valence electrons. The van der Waals surface area contributed by atoms with Crippen molar-refractivity contribution >= 4 is 60.7 Å². The third-order valence-electron chi connectivity index (χ3n) is 29.7. The molecule has 10 aliphatic heterocycles. The Bertz CT molecular complexity index is 9010. The van der Waals surface area contributed by atoms with Crippen molar-refractivity contribution < 1.29 is 32.5 Å². The molecule has 15 aromatic carbocycles. The summed E-state index contributed by atoms with van der Waals surface area (Å²) in [5.41, 5.74) is 43.0. The number of hydrogen-bond donors (Lipinski definition) is 0. The minimum Gasteiger partial charge on any atom is -0.453 e. The highest BCUT2D eigenvalue weighted by molar-refractivity contribution is 6.15. The lowest BCUT2D eigenvalue weighted by Gasteiger charge is -2.38. The number of ether oxygens (including phenoxy) is 1. The van der Waals surface area contributed by atoms with Gasteiger partial charge in [0.05, 0.1) is 96.8 Å². The number of nitrogens with zero attached hydrogens (tertiary/aromatic N) is 12. The number of aromatic nitrogens is 11. The van der Waals surface area contributed by atoms with Gasteiger partial charge in [-0.15, -0.1) is 27.7 Å². The molecule has 13 nitrogen and oxygen atoms in total. The van der Waals surface area contributed by atoms with Crippen molar-refractivity contribution in [1.29, 1.82) is 0 Å². The first-order valence-corrected chi connectivity index (χ1v) is 44.8. The van der Waals surface area contributed by atoms with Crippen LogP contribution in [0.15, 0.2) is 438 Å². The molecular weight excluding hydrogens is 1590 g/mol. The molecule has 3 unspecified atom stereocenters. The molecule has 0 aliphatic carbocycles. The molecule has 0 bridgehead atoms. The Morgan fingerprint density at radius 2 is 0.569 bits per heavy atom. The zero-order valence-corrected chi connectivity index (χ0v) is 69.8. The van der Waals surface area contributed by atoms with Crippen LogP contribution in [0.5, 0.6) is 11.5 Å². The monoisotopic (exact) mass is 1660 g/mol. The molecule has 0 saturated heterocycles. The second-order valence-corrected chi connectivity index (χ2v) is 35.7. The standard InChI is InChI=1S/C39H24N4O.2C39H24N4/c1-2-9-25(10-3-1)26-16-18-27(19-17-26)28-23-41-32-13-8-14-33-37(32)39(42(41)24-28)36-29(30-11-6-7-22-40(30)39)20-21-35-38(36)43(33)31-12-4-5-15-34(31)44-35;1-2-9-25(10-3-1)26-16-18-27(19-17-26)28-23-41-34-21-20-30-29-11-4-5-14-33(29)43-35-15-8-12-31-32-13-6-7-22-40(32)39(36(31)35,42(41)24-28)37(34)38(30)43;1-2-9-25(10-3-1)26-16-18-27(19-17-26)28-23-41-34-14-8-15-35-37(34)39(42(41)24-28)36-31(32-12-6-7-22-40(32)39)21-20-30-29-11-4-5-13-33(29)43(35)38(30)36/h1-24H;2*1-24H/q3*+2. The first-order valence-electron chi connectivity index (χ1n) is 44.8. The molecule has 13 heteroatoms. The quantitative estimate of drug-likeness (QED) is 0.156. The van der Waals surface area contributed by atoms with Gasteiger partial charge >= 0.3 is 17.0 Å². The van der Waals surface area contributed by atoms with Gasteiger partial charge in [0.1, 0.15) is 39.4 Å². The molecule has 0 amide bonds. The Labute approximate surface area is 745 Å². The molecule has 3 spiro atoms. The SMILES string of the molecule is c1ccc(-c2ccc(-c3cn4[n+](c3)C35c6c(cccc6-4)-n4c6ccccc6c6ccc(c3c64)-c3cccc[n+]35)cc2)cc1.c1ccc(-c2ccc(-c3cn4[n+](c3)C35c6c(cccc6-4)N4c6ccccc6Oc6ccc(c3c64)-c3cccc[n+]35)cc2)cc1.c1ccc(-c2ccc(-c3cn4[n+](c3)C35c6c(cccc6-n6c7ccccc7c7ccc-4c3c76)-c3cccc[n+]35)cc2)cc1. The van der Waals surface area contributed by atoms with Crippen LogP contribution in [-0.2, 0) is 17.0 Å². The van der Waals surface area contributed by atoms with E-state index in [2.05, 4.69) is 488 Å². The summed E-state index contributed by atoms with van der Waals surface area (Å²) < 4.78 is 33.7. The number of para-hydroxylation sites is 4. The third kappa shape index (κ3) is 8.32. The van der Waals surface area contributed by atoms with E-state index in [4.69, 9.17) is 4.74 Å². The van der Waals surface area contributed by atoms with Gasteiger partial charge in [0.2, 0.25) is 35.7 Å². The van der Waals surface area contributed by atoms with Gasteiger partial charge in [0, 0.05) is 57.9 Å². The number of benzene rings is 15. The van der Waals surface area contributed by atoms with Gasteiger partial charge in [-0.3, -0.25) is 0 Å². The van der Waals surface area contributed by atoms with Crippen molar-refractivity contribution in [2.45, 2.75) is 17.0 Å². The first kappa shape index (κ1) is 68.9. The van der Waals surface area contributed by atoms with Crippen molar-refractivity contribution in [3.8, 4) is 140 Å². The lowest BCUT2D eigenvalue weighted by molar-refractivity contribution is -0.988. The largest absolute Gasteiger partial charge is 0.453 e. The van der Waals surface area contributed by atoms with Crippen LogP contribution in [-0.4, -0.2) is 23.2 Å². The summed E-state index contributed by atoms with van der Waals surface area (Å²) in [6, 6.07) is 138. The summed E-state index contributed by atoms with van der Waals surface area (Å²) >= 11 is 0. The summed E-state index contributed by atoms with van der Waals surface area (Å²) in [7, 11) is 0. The van der Waals surface area contributed by atoms with Crippen molar-refractivity contribution in [2.24, 2.45) is 0 Å². The second-order valence-electron chi connectivity index (χ2n) is 35.7. The molecule has 0 N–H and O–H groups in total.